The number of amides is 1. The highest BCUT2D eigenvalue weighted by Crippen LogP contribution is 2.28. The number of halogens is 1. The molecule has 3 aromatic rings. The Morgan fingerprint density at radius 2 is 1.56 bits per heavy atom. The maximum Gasteiger partial charge on any atom is 0.240 e. The van der Waals surface area contributed by atoms with Crippen molar-refractivity contribution in [1.82, 2.24) is 10.0 Å². The van der Waals surface area contributed by atoms with Crippen molar-refractivity contribution in [1.29, 1.82) is 0 Å². The summed E-state index contributed by atoms with van der Waals surface area (Å²) in [6.07, 6.45) is 0.785. The van der Waals surface area contributed by atoms with E-state index in [1.165, 1.54) is 30.3 Å². The molecule has 0 aliphatic carbocycles. The van der Waals surface area contributed by atoms with Crippen LogP contribution in [-0.4, -0.2) is 28.5 Å². The number of carbonyl (C=O) groups is 1. The van der Waals surface area contributed by atoms with Crippen molar-refractivity contribution in [3.63, 3.8) is 0 Å². The molecule has 9 heteroatoms. The van der Waals surface area contributed by atoms with E-state index in [9.17, 15) is 17.6 Å². The third kappa shape index (κ3) is 7.03. The van der Waals surface area contributed by atoms with Gasteiger partial charge in [0.2, 0.25) is 15.9 Å². The quantitative estimate of drug-likeness (QED) is 0.432. The Bertz CT molecular complexity index is 1250. The molecule has 3 rings (SSSR count). The summed E-state index contributed by atoms with van der Waals surface area (Å²) in [5.41, 5.74) is 2.10. The van der Waals surface area contributed by atoms with Crippen molar-refractivity contribution in [3.05, 3.63) is 89.2 Å². The Morgan fingerprint density at radius 1 is 0.853 bits per heavy atom. The van der Waals surface area contributed by atoms with Gasteiger partial charge < -0.3 is 14.8 Å². The van der Waals surface area contributed by atoms with Crippen LogP contribution in [0.15, 0.2) is 71.6 Å². The molecule has 180 valence electrons. The number of sulfonamides is 1. The van der Waals surface area contributed by atoms with E-state index < -0.39 is 15.8 Å². The van der Waals surface area contributed by atoms with E-state index >= 15 is 0 Å². The van der Waals surface area contributed by atoms with Crippen LogP contribution in [0, 0.1) is 5.82 Å². The number of benzene rings is 3. The first-order valence-electron chi connectivity index (χ1n) is 10.6. The number of aryl methyl sites for hydroxylation is 1. The fourth-order valence-corrected chi connectivity index (χ4v) is 4.40. The minimum atomic E-state index is -3.80. The first-order valence-corrected chi connectivity index (χ1v) is 12.1. The predicted octanol–water partition coefficient (Wildman–Crippen LogP) is 3.57. The van der Waals surface area contributed by atoms with Crippen molar-refractivity contribution >= 4 is 15.9 Å². The number of hydrogen-bond donors (Lipinski definition) is 2. The highest BCUT2D eigenvalue weighted by molar-refractivity contribution is 7.89. The average Bonchev–Trinajstić information content (AvgIpc) is 2.85. The molecule has 7 nitrogen and oxygen atoms in total. The zero-order valence-electron chi connectivity index (χ0n) is 19.0. The van der Waals surface area contributed by atoms with Crippen molar-refractivity contribution in [3.8, 4) is 11.5 Å². The zero-order valence-corrected chi connectivity index (χ0v) is 19.8. The molecule has 0 atom stereocenters. The summed E-state index contributed by atoms with van der Waals surface area (Å²) in [4.78, 5) is 12.4. The average molecular weight is 487 g/mol. The van der Waals surface area contributed by atoms with Crippen LogP contribution in [0.2, 0.25) is 0 Å². The molecule has 0 bridgehead atoms. The molecule has 0 saturated carbocycles. The number of hydrogen-bond acceptors (Lipinski definition) is 5. The summed E-state index contributed by atoms with van der Waals surface area (Å²) in [6, 6.07) is 17.5. The smallest absolute Gasteiger partial charge is 0.240 e. The molecule has 0 unspecified atom stereocenters. The molecule has 0 spiro atoms. The van der Waals surface area contributed by atoms with Gasteiger partial charge in [-0.05, 0) is 59.5 Å². The highest BCUT2D eigenvalue weighted by Gasteiger charge is 2.15. The third-order valence-electron chi connectivity index (χ3n) is 5.14. The summed E-state index contributed by atoms with van der Waals surface area (Å²) >= 11 is 0. The minimum absolute atomic E-state index is 0.0306. The number of carbonyl (C=O) groups excluding carboxylic acids is 1. The van der Waals surface area contributed by atoms with E-state index in [1.807, 2.05) is 12.1 Å². The van der Waals surface area contributed by atoms with Crippen LogP contribution in [0.25, 0.3) is 0 Å². The standard InChI is InChI=1S/C25H27FN2O5S/c1-32-23-11-9-18(15-24(23)33-2)10-12-25(29)27-16-20-6-4-8-22(14-20)34(30,31)28-17-19-5-3-7-21(26)13-19/h3-9,11,13-15,28H,10,12,16-17H2,1-2H3,(H,27,29). The summed E-state index contributed by atoms with van der Waals surface area (Å²) < 4.78 is 51.5. The summed E-state index contributed by atoms with van der Waals surface area (Å²) in [6.45, 7) is 0.162. The van der Waals surface area contributed by atoms with Gasteiger partial charge in [-0.3, -0.25) is 4.79 Å². The second-order valence-corrected chi connectivity index (χ2v) is 9.33. The first-order chi connectivity index (χ1) is 16.3. The summed E-state index contributed by atoms with van der Waals surface area (Å²) in [5.74, 6) is 0.633. The Balaban J connectivity index is 1.54. The lowest BCUT2D eigenvalue weighted by Crippen LogP contribution is -2.25. The molecular weight excluding hydrogens is 459 g/mol. The van der Waals surface area contributed by atoms with E-state index in [-0.39, 0.29) is 30.3 Å². The fraction of sp³-hybridized carbons (Fsp3) is 0.240. The Kier molecular flexibility index (Phi) is 8.61. The molecule has 34 heavy (non-hydrogen) atoms. The van der Waals surface area contributed by atoms with Crippen molar-refractivity contribution in [2.24, 2.45) is 0 Å². The maximum atomic E-state index is 13.3. The third-order valence-corrected chi connectivity index (χ3v) is 6.54. The molecule has 0 fully saturated rings. The van der Waals surface area contributed by atoms with Crippen molar-refractivity contribution in [2.75, 3.05) is 14.2 Å². The normalized spacial score (nSPS) is 11.1. The lowest BCUT2D eigenvalue weighted by atomic mass is 10.1. The second-order valence-electron chi connectivity index (χ2n) is 7.57. The van der Waals surface area contributed by atoms with E-state index in [1.54, 1.807) is 38.5 Å². The number of methoxy groups -OCH3 is 2. The van der Waals surface area contributed by atoms with Gasteiger partial charge in [0.05, 0.1) is 19.1 Å². The van der Waals surface area contributed by atoms with Crippen LogP contribution in [-0.2, 0) is 34.3 Å². The summed E-state index contributed by atoms with van der Waals surface area (Å²) in [5, 5.41) is 2.81. The molecule has 0 aliphatic heterocycles. The molecule has 0 aliphatic rings. The largest absolute Gasteiger partial charge is 0.493 e. The number of nitrogens with one attached hydrogen (secondary N) is 2. The van der Waals surface area contributed by atoms with Crippen molar-refractivity contribution in [2.45, 2.75) is 30.8 Å². The minimum Gasteiger partial charge on any atom is -0.493 e. The Labute approximate surface area is 199 Å². The molecule has 3 aromatic carbocycles. The molecule has 1 amide bonds. The van der Waals surface area contributed by atoms with Crippen LogP contribution < -0.4 is 19.5 Å². The van der Waals surface area contributed by atoms with Crippen LogP contribution in [0.5, 0.6) is 11.5 Å². The molecule has 0 radical (unpaired) electrons. The number of ether oxygens (including phenoxy) is 2. The van der Waals surface area contributed by atoms with Gasteiger partial charge in [0.25, 0.3) is 0 Å². The molecule has 0 saturated heterocycles. The van der Waals surface area contributed by atoms with Gasteiger partial charge in [-0.2, -0.15) is 0 Å². The van der Waals surface area contributed by atoms with Gasteiger partial charge in [-0.1, -0.05) is 30.3 Å². The van der Waals surface area contributed by atoms with Crippen LogP contribution in [0.4, 0.5) is 4.39 Å². The Morgan fingerprint density at radius 3 is 2.26 bits per heavy atom. The van der Waals surface area contributed by atoms with Crippen molar-refractivity contribution < 1.29 is 27.1 Å². The highest BCUT2D eigenvalue weighted by atomic mass is 32.2. The van der Waals surface area contributed by atoms with Gasteiger partial charge >= 0.3 is 0 Å². The fourth-order valence-electron chi connectivity index (χ4n) is 3.31. The van der Waals surface area contributed by atoms with E-state index in [0.717, 1.165) is 5.56 Å². The van der Waals surface area contributed by atoms with Gasteiger partial charge in [-0.25, -0.2) is 17.5 Å². The molecular formula is C25H27FN2O5S. The lowest BCUT2D eigenvalue weighted by Gasteiger charge is -2.11. The predicted molar refractivity (Wildman–Crippen MR) is 127 cm³/mol. The molecule has 0 aromatic heterocycles. The van der Waals surface area contributed by atoms with E-state index in [2.05, 4.69) is 10.0 Å². The second kappa shape index (κ2) is 11.6. The zero-order chi connectivity index (χ0) is 24.6. The van der Waals surface area contributed by atoms with E-state index in [4.69, 9.17) is 9.47 Å². The first kappa shape index (κ1) is 25.2. The maximum absolute atomic E-state index is 13.3. The topological polar surface area (TPSA) is 93.7 Å². The van der Waals surface area contributed by atoms with Gasteiger partial charge in [-0.15, -0.1) is 0 Å². The molecule has 0 heterocycles. The van der Waals surface area contributed by atoms with Gasteiger partial charge in [0.1, 0.15) is 5.82 Å². The monoisotopic (exact) mass is 486 g/mol. The van der Waals surface area contributed by atoms with Gasteiger partial charge in [0, 0.05) is 19.5 Å². The lowest BCUT2D eigenvalue weighted by molar-refractivity contribution is -0.121. The van der Waals surface area contributed by atoms with Crippen LogP contribution in [0.1, 0.15) is 23.1 Å². The number of rotatable bonds is 11. The van der Waals surface area contributed by atoms with E-state index in [0.29, 0.717) is 29.0 Å². The molecule has 2 N–H and O–H groups in total. The van der Waals surface area contributed by atoms with Crippen LogP contribution in [0.3, 0.4) is 0 Å². The summed E-state index contributed by atoms with van der Waals surface area (Å²) in [7, 11) is -0.682. The van der Waals surface area contributed by atoms with Crippen LogP contribution >= 0.6 is 0 Å². The van der Waals surface area contributed by atoms with Gasteiger partial charge in [0.15, 0.2) is 11.5 Å². The SMILES string of the molecule is COc1ccc(CCC(=O)NCc2cccc(S(=O)(=O)NCc3cccc(F)c3)c2)cc1OC. The Hall–Kier alpha value is -3.43.